The molecule has 0 bridgehead atoms. The Morgan fingerprint density at radius 3 is 3.06 bits per heavy atom. The maximum absolute atomic E-state index is 11.7. The molecule has 2 heterocycles. The van der Waals surface area contributed by atoms with Crippen molar-refractivity contribution in [1.29, 1.82) is 0 Å². The minimum absolute atomic E-state index is 0.151. The number of carbonyl (C=O) groups excluding carboxylic acids is 1. The fourth-order valence-corrected chi connectivity index (χ4v) is 2.38. The van der Waals surface area contributed by atoms with E-state index in [1.807, 2.05) is 13.1 Å². The Kier molecular flexibility index (Phi) is 3.75. The molecule has 0 atom stereocenters. The summed E-state index contributed by atoms with van der Waals surface area (Å²) in [6.45, 7) is 2.96. The average molecular weight is 271 g/mol. The first-order valence-electron chi connectivity index (χ1n) is 5.05. The summed E-state index contributed by atoms with van der Waals surface area (Å²) in [6, 6.07) is 1.71. The molecule has 0 aliphatic carbocycles. The van der Waals surface area contributed by atoms with E-state index < -0.39 is 0 Å². The lowest BCUT2D eigenvalue weighted by molar-refractivity contribution is 0.0956. The van der Waals surface area contributed by atoms with E-state index in [1.165, 1.54) is 11.3 Å². The quantitative estimate of drug-likeness (QED) is 0.920. The van der Waals surface area contributed by atoms with Crippen LogP contribution in [-0.4, -0.2) is 27.4 Å². The first-order valence-corrected chi connectivity index (χ1v) is 6.30. The lowest BCUT2D eigenvalue weighted by atomic mass is 10.4. The number of hydrogen-bond acceptors (Lipinski definition) is 4. The van der Waals surface area contributed by atoms with Crippen molar-refractivity contribution >= 4 is 28.8 Å². The molecule has 7 heteroatoms. The minimum atomic E-state index is -0.151. The summed E-state index contributed by atoms with van der Waals surface area (Å²) in [6.07, 6.45) is 1.82. The number of nitrogens with one attached hydrogen (secondary N) is 1. The zero-order valence-electron chi connectivity index (χ0n) is 9.18. The van der Waals surface area contributed by atoms with E-state index >= 15 is 0 Å². The summed E-state index contributed by atoms with van der Waals surface area (Å²) < 4.78 is 1.69. The van der Waals surface area contributed by atoms with Crippen molar-refractivity contribution in [3.8, 4) is 0 Å². The van der Waals surface area contributed by atoms with Crippen molar-refractivity contribution in [3.63, 3.8) is 0 Å². The Bertz CT molecular complexity index is 522. The van der Waals surface area contributed by atoms with E-state index in [0.29, 0.717) is 23.0 Å². The molecule has 2 aromatic rings. The molecule has 0 radical (unpaired) electrons. The number of aryl methyl sites for hydroxylation is 1. The smallest absolute Gasteiger partial charge is 0.262 e. The Morgan fingerprint density at radius 2 is 2.47 bits per heavy atom. The third-order valence-corrected chi connectivity index (χ3v) is 3.44. The van der Waals surface area contributed by atoms with E-state index in [-0.39, 0.29) is 5.91 Å². The van der Waals surface area contributed by atoms with Gasteiger partial charge in [-0.2, -0.15) is 0 Å². The van der Waals surface area contributed by atoms with Gasteiger partial charge in [0.2, 0.25) is 0 Å². The number of thiophene rings is 1. The minimum Gasteiger partial charge on any atom is -0.349 e. The van der Waals surface area contributed by atoms with Crippen LogP contribution in [0.3, 0.4) is 0 Å². The zero-order valence-corrected chi connectivity index (χ0v) is 10.8. The summed E-state index contributed by atoms with van der Waals surface area (Å²) in [5, 5.41) is 12.8. The van der Waals surface area contributed by atoms with Gasteiger partial charge in [-0.1, -0.05) is 16.8 Å². The maximum atomic E-state index is 11.7. The molecule has 0 aliphatic heterocycles. The highest BCUT2D eigenvalue weighted by Crippen LogP contribution is 2.21. The van der Waals surface area contributed by atoms with Gasteiger partial charge in [0.15, 0.2) is 0 Å². The van der Waals surface area contributed by atoms with Crippen molar-refractivity contribution in [2.45, 2.75) is 13.5 Å². The van der Waals surface area contributed by atoms with Crippen LogP contribution in [0.2, 0.25) is 5.02 Å². The molecule has 0 aliphatic rings. The van der Waals surface area contributed by atoms with Gasteiger partial charge in [0.25, 0.3) is 5.91 Å². The Hall–Kier alpha value is -1.40. The molecule has 2 aromatic heterocycles. The van der Waals surface area contributed by atoms with Crippen molar-refractivity contribution < 1.29 is 4.79 Å². The molecule has 0 fully saturated rings. The Labute approximate surface area is 107 Å². The second-order valence-corrected chi connectivity index (χ2v) is 4.80. The predicted octanol–water partition coefficient (Wildman–Crippen LogP) is 1.73. The van der Waals surface area contributed by atoms with Gasteiger partial charge in [0.1, 0.15) is 4.88 Å². The first kappa shape index (κ1) is 12.1. The van der Waals surface area contributed by atoms with Gasteiger partial charge in [-0.3, -0.25) is 9.48 Å². The van der Waals surface area contributed by atoms with Crippen LogP contribution >= 0.6 is 22.9 Å². The van der Waals surface area contributed by atoms with Crippen molar-refractivity contribution in [3.05, 3.63) is 33.2 Å². The zero-order chi connectivity index (χ0) is 12.3. The Balaban J connectivity index is 1.83. The molecule has 90 valence electrons. The van der Waals surface area contributed by atoms with Gasteiger partial charge in [0.05, 0.1) is 17.3 Å². The second kappa shape index (κ2) is 5.29. The van der Waals surface area contributed by atoms with Gasteiger partial charge in [-0.05, 0) is 18.4 Å². The van der Waals surface area contributed by atoms with Gasteiger partial charge >= 0.3 is 0 Å². The highest BCUT2D eigenvalue weighted by molar-refractivity contribution is 7.12. The lowest BCUT2D eigenvalue weighted by Crippen LogP contribution is -2.26. The Morgan fingerprint density at radius 1 is 1.65 bits per heavy atom. The normalized spacial score (nSPS) is 10.5. The van der Waals surface area contributed by atoms with Gasteiger partial charge in [-0.15, -0.1) is 16.4 Å². The molecule has 0 saturated heterocycles. The topological polar surface area (TPSA) is 59.8 Å². The van der Waals surface area contributed by atoms with Gasteiger partial charge in [-0.25, -0.2) is 0 Å². The molecule has 17 heavy (non-hydrogen) atoms. The summed E-state index contributed by atoms with van der Waals surface area (Å²) in [5.41, 5.74) is 0.859. The number of rotatable bonds is 4. The standard InChI is InChI=1S/C10H11ClN4OS/c1-7-6-15(14-13-7)4-3-12-10(16)9-8(11)2-5-17-9/h2,5-6H,3-4H2,1H3,(H,12,16). The van der Waals surface area contributed by atoms with Crippen molar-refractivity contribution in [2.75, 3.05) is 6.54 Å². The largest absolute Gasteiger partial charge is 0.349 e. The molecule has 1 amide bonds. The summed E-state index contributed by atoms with van der Waals surface area (Å²) >= 11 is 7.19. The second-order valence-electron chi connectivity index (χ2n) is 3.48. The molecule has 0 unspecified atom stereocenters. The molecule has 2 rings (SSSR count). The van der Waals surface area contributed by atoms with Crippen LogP contribution in [0.25, 0.3) is 0 Å². The SMILES string of the molecule is Cc1cn(CCNC(=O)c2sccc2Cl)nn1. The summed E-state index contributed by atoms with van der Waals surface area (Å²) in [4.78, 5) is 12.2. The van der Waals surface area contributed by atoms with Gasteiger partial charge in [0, 0.05) is 12.7 Å². The van der Waals surface area contributed by atoms with E-state index in [4.69, 9.17) is 11.6 Å². The number of carbonyl (C=O) groups is 1. The van der Waals surface area contributed by atoms with E-state index in [2.05, 4.69) is 15.6 Å². The van der Waals surface area contributed by atoms with E-state index in [0.717, 1.165) is 5.69 Å². The molecular formula is C10H11ClN4OS. The third-order valence-electron chi connectivity index (χ3n) is 2.10. The van der Waals surface area contributed by atoms with Crippen LogP contribution in [0.4, 0.5) is 0 Å². The molecule has 0 spiro atoms. The third kappa shape index (κ3) is 3.04. The van der Waals surface area contributed by atoms with Crippen LogP contribution in [0.1, 0.15) is 15.4 Å². The number of halogens is 1. The monoisotopic (exact) mass is 270 g/mol. The molecule has 0 aromatic carbocycles. The summed E-state index contributed by atoms with van der Waals surface area (Å²) in [5.74, 6) is -0.151. The van der Waals surface area contributed by atoms with Crippen LogP contribution in [0.15, 0.2) is 17.6 Å². The predicted molar refractivity (Wildman–Crippen MR) is 66.4 cm³/mol. The van der Waals surface area contributed by atoms with Crippen LogP contribution in [0, 0.1) is 6.92 Å². The molecule has 5 nitrogen and oxygen atoms in total. The number of aromatic nitrogens is 3. The van der Waals surface area contributed by atoms with Gasteiger partial charge < -0.3 is 5.32 Å². The number of hydrogen-bond donors (Lipinski definition) is 1. The fraction of sp³-hybridized carbons (Fsp3) is 0.300. The molecule has 0 saturated carbocycles. The number of amides is 1. The first-order chi connectivity index (χ1) is 8.16. The van der Waals surface area contributed by atoms with Crippen LogP contribution in [0.5, 0.6) is 0 Å². The van der Waals surface area contributed by atoms with Crippen molar-refractivity contribution in [1.82, 2.24) is 20.3 Å². The van der Waals surface area contributed by atoms with Crippen LogP contribution < -0.4 is 5.32 Å². The fourth-order valence-electron chi connectivity index (χ4n) is 1.32. The average Bonchev–Trinajstić information content (AvgIpc) is 2.87. The molecular weight excluding hydrogens is 260 g/mol. The molecule has 1 N–H and O–H groups in total. The van der Waals surface area contributed by atoms with Crippen LogP contribution in [-0.2, 0) is 6.54 Å². The van der Waals surface area contributed by atoms with E-state index in [9.17, 15) is 4.79 Å². The highest BCUT2D eigenvalue weighted by Gasteiger charge is 2.10. The summed E-state index contributed by atoms with van der Waals surface area (Å²) in [7, 11) is 0. The maximum Gasteiger partial charge on any atom is 0.262 e. The van der Waals surface area contributed by atoms with Crippen molar-refractivity contribution in [2.24, 2.45) is 0 Å². The lowest BCUT2D eigenvalue weighted by Gasteiger charge is -2.03. The van der Waals surface area contributed by atoms with E-state index in [1.54, 1.807) is 16.1 Å². The number of nitrogens with zero attached hydrogens (tertiary/aromatic N) is 3. The highest BCUT2D eigenvalue weighted by atomic mass is 35.5.